The first-order valence-corrected chi connectivity index (χ1v) is 17.7. The average Bonchev–Trinajstić information content (AvgIpc) is 2.92. The maximum Gasteiger partial charge on any atom is 0.223 e. The van der Waals surface area contributed by atoms with Crippen molar-refractivity contribution < 1.29 is 4.79 Å². The lowest BCUT2D eigenvalue weighted by Gasteiger charge is -2.24. The van der Waals surface area contributed by atoms with Crippen molar-refractivity contribution in [2.24, 2.45) is 5.92 Å². The summed E-state index contributed by atoms with van der Waals surface area (Å²) < 4.78 is 0. The van der Waals surface area contributed by atoms with Crippen LogP contribution in [0, 0.1) is 5.92 Å². The summed E-state index contributed by atoms with van der Waals surface area (Å²) in [6, 6.07) is 0. The maximum atomic E-state index is 12.7. The smallest absolute Gasteiger partial charge is 0.223 e. The van der Waals surface area contributed by atoms with E-state index in [0.29, 0.717) is 5.91 Å². The second-order valence-corrected chi connectivity index (χ2v) is 12.6. The minimum Gasteiger partial charge on any atom is -0.356 e. The summed E-state index contributed by atoms with van der Waals surface area (Å²) in [5, 5.41) is 3.26. The monoisotopic (exact) mass is 552 g/mol. The fourth-order valence-corrected chi connectivity index (χ4v) is 5.52. The van der Waals surface area contributed by atoms with Crippen LogP contribution < -0.4 is 5.32 Å². The van der Waals surface area contributed by atoms with Crippen LogP contribution in [-0.2, 0) is 4.79 Å². The fraction of sp³-hybridized carbons (Fsp3) is 0.971. The molecule has 0 rings (SSSR count). The molecule has 0 saturated carbocycles. The Morgan fingerprint density at radius 1 is 0.513 bits per heavy atom. The Labute approximate surface area is 246 Å². The van der Waals surface area contributed by atoms with Gasteiger partial charge in [-0.25, -0.2) is 0 Å². The number of likely N-dealkylation sites (N-methyl/N-ethyl adjacent to an activating group) is 1. The zero-order chi connectivity index (χ0) is 28.8. The molecule has 0 aromatic heterocycles. The molecule has 0 aromatic carbocycles. The van der Waals surface area contributed by atoms with E-state index in [-0.39, 0.29) is 5.92 Å². The van der Waals surface area contributed by atoms with E-state index in [4.69, 9.17) is 0 Å². The zero-order valence-corrected chi connectivity index (χ0v) is 27.7. The molecule has 4 nitrogen and oxygen atoms in total. The lowest BCUT2D eigenvalue weighted by molar-refractivity contribution is -0.125. The summed E-state index contributed by atoms with van der Waals surface area (Å²) >= 11 is 0. The molecule has 1 N–H and O–H groups in total. The van der Waals surface area contributed by atoms with Crippen LogP contribution in [0.15, 0.2) is 0 Å². The van der Waals surface area contributed by atoms with Gasteiger partial charge in [0.05, 0.1) is 0 Å². The largest absolute Gasteiger partial charge is 0.356 e. The van der Waals surface area contributed by atoms with Gasteiger partial charge in [-0.15, -0.1) is 0 Å². The molecule has 0 aliphatic rings. The molecule has 0 heterocycles. The second-order valence-electron chi connectivity index (χ2n) is 12.6. The predicted octanol–water partition coefficient (Wildman–Crippen LogP) is 9.61. The number of amides is 1. The van der Waals surface area contributed by atoms with Crippen molar-refractivity contribution in [3.8, 4) is 0 Å². The first-order valence-electron chi connectivity index (χ1n) is 17.7. The molecule has 0 aromatic rings. The molecule has 4 heteroatoms. The van der Waals surface area contributed by atoms with E-state index < -0.39 is 0 Å². The van der Waals surface area contributed by atoms with Gasteiger partial charge in [-0.05, 0) is 59.3 Å². The van der Waals surface area contributed by atoms with Gasteiger partial charge >= 0.3 is 0 Å². The lowest BCUT2D eigenvalue weighted by atomic mass is 9.94. The van der Waals surface area contributed by atoms with E-state index >= 15 is 0 Å². The van der Waals surface area contributed by atoms with Crippen LogP contribution >= 0.6 is 0 Å². The fourth-order valence-electron chi connectivity index (χ4n) is 5.52. The molecule has 0 saturated heterocycles. The highest BCUT2D eigenvalue weighted by atomic mass is 16.1. The molecule has 0 aliphatic carbocycles. The van der Waals surface area contributed by atoms with Crippen molar-refractivity contribution >= 4 is 5.91 Å². The number of carbonyl (C=O) groups excluding carboxylic acids is 1. The van der Waals surface area contributed by atoms with E-state index in [1.54, 1.807) is 0 Å². The molecule has 0 bridgehead atoms. The summed E-state index contributed by atoms with van der Waals surface area (Å²) in [4.78, 5) is 17.7. The second kappa shape index (κ2) is 30.4. The van der Waals surface area contributed by atoms with Crippen molar-refractivity contribution in [1.82, 2.24) is 15.1 Å². The van der Waals surface area contributed by atoms with Crippen LogP contribution in [0.5, 0.6) is 0 Å². The maximum absolute atomic E-state index is 12.7. The highest BCUT2D eigenvalue weighted by molar-refractivity contribution is 5.78. The van der Waals surface area contributed by atoms with Gasteiger partial charge in [-0.3, -0.25) is 4.79 Å². The quantitative estimate of drug-likeness (QED) is 0.0871. The Balaban J connectivity index is 3.87. The number of unbranched alkanes of at least 4 members (excludes halogenated alkanes) is 17. The number of rotatable bonds is 31. The third-order valence-electron chi connectivity index (χ3n) is 8.32. The van der Waals surface area contributed by atoms with E-state index in [9.17, 15) is 4.79 Å². The van der Waals surface area contributed by atoms with Crippen molar-refractivity contribution in [3.05, 3.63) is 0 Å². The van der Waals surface area contributed by atoms with Gasteiger partial charge in [-0.2, -0.15) is 0 Å². The molecule has 0 spiro atoms. The topological polar surface area (TPSA) is 35.6 Å². The summed E-state index contributed by atoms with van der Waals surface area (Å²) in [5.74, 6) is 0.570. The zero-order valence-electron chi connectivity index (χ0n) is 27.7. The number of nitrogens with zero attached hydrogens (tertiary/aromatic N) is 2. The Kier molecular flexibility index (Phi) is 29.9. The van der Waals surface area contributed by atoms with Crippen LogP contribution in [0.25, 0.3) is 0 Å². The van der Waals surface area contributed by atoms with Crippen LogP contribution in [0.1, 0.15) is 168 Å². The SMILES string of the molecule is CCCCCCCCCCN(CCCCCCCCCNC(=O)C(CCCC)CCCCCC)CCN(C)C. The van der Waals surface area contributed by atoms with E-state index in [2.05, 4.69) is 50.0 Å². The summed E-state index contributed by atoms with van der Waals surface area (Å²) in [6.45, 7) is 12.6. The van der Waals surface area contributed by atoms with Gasteiger partial charge in [0, 0.05) is 25.6 Å². The molecule has 1 atom stereocenters. The molecular formula is C35H73N3O. The third-order valence-corrected chi connectivity index (χ3v) is 8.32. The number of nitrogens with one attached hydrogen (secondary N) is 1. The predicted molar refractivity (Wildman–Crippen MR) is 175 cm³/mol. The van der Waals surface area contributed by atoms with Gasteiger partial charge in [-0.1, -0.05) is 136 Å². The summed E-state index contributed by atoms with van der Waals surface area (Å²) in [7, 11) is 4.39. The molecular weight excluding hydrogens is 478 g/mol. The van der Waals surface area contributed by atoms with Crippen molar-refractivity contribution in [2.45, 2.75) is 168 Å². The molecule has 0 aliphatic heterocycles. The first-order chi connectivity index (χ1) is 19.0. The van der Waals surface area contributed by atoms with Gasteiger partial charge in [0.2, 0.25) is 5.91 Å². The summed E-state index contributed by atoms with van der Waals surface area (Å²) in [6.07, 6.45) is 30.0. The Hall–Kier alpha value is -0.610. The van der Waals surface area contributed by atoms with Crippen LogP contribution in [-0.4, -0.2) is 62.5 Å². The highest BCUT2D eigenvalue weighted by Gasteiger charge is 2.16. The number of hydrogen-bond acceptors (Lipinski definition) is 3. The number of carbonyl (C=O) groups is 1. The van der Waals surface area contributed by atoms with Gasteiger partial charge in [0.1, 0.15) is 0 Å². The molecule has 234 valence electrons. The Morgan fingerprint density at radius 2 is 0.949 bits per heavy atom. The standard InChI is InChI=1S/C35H73N3O/c1-6-9-12-14-15-18-21-25-30-38(33-32-37(4)5)31-26-22-19-16-17-20-24-29-36-35(39)34(27-11-8-3)28-23-13-10-7-2/h34H,6-33H2,1-5H3,(H,36,39). The average molecular weight is 552 g/mol. The van der Waals surface area contributed by atoms with Gasteiger partial charge < -0.3 is 15.1 Å². The van der Waals surface area contributed by atoms with E-state index in [0.717, 1.165) is 25.8 Å². The molecule has 0 fully saturated rings. The molecule has 1 amide bonds. The minimum absolute atomic E-state index is 0.245. The first kappa shape index (κ1) is 38.4. The Bertz CT molecular complexity index is 496. The van der Waals surface area contributed by atoms with Crippen molar-refractivity contribution in [2.75, 3.05) is 46.8 Å². The van der Waals surface area contributed by atoms with E-state index in [1.165, 1.54) is 155 Å². The molecule has 0 radical (unpaired) electrons. The van der Waals surface area contributed by atoms with Crippen molar-refractivity contribution in [3.63, 3.8) is 0 Å². The van der Waals surface area contributed by atoms with Crippen LogP contribution in [0.4, 0.5) is 0 Å². The van der Waals surface area contributed by atoms with Crippen LogP contribution in [0.2, 0.25) is 0 Å². The molecule has 1 unspecified atom stereocenters. The minimum atomic E-state index is 0.245. The van der Waals surface area contributed by atoms with Gasteiger partial charge in [0.15, 0.2) is 0 Å². The van der Waals surface area contributed by atoms with Crippen molar-refractivity contribution in [1.29, 1.82) is 0 Å². The normalized spacial score (nSPS) is 12.5. The lowest BCUT2D eigenvalue weighted by Crippen LogP contribution is -2.33. The Morgan fingerprint density at radius 3 is 1.46 bits per heavy atom. The summed E-state index contributed by atoms with van der Waals surface area (Å²) in [5.41, 5.74) is 0. The van der Waals surface area contributed by atoms with E-state index in [1.807, 2.05) is 0 Å². The number of hydrogen-bond donors (Lipinski definition) is 1. The highest BCUT2D eigenvalue weighted by Crippen LogP contribution is 2.18. The van der Waals surface area contributed by atoms with Gasteiger partial charge in [0.25, 0.3) is 0 Å². The molecule has 39 heavy (non-hydrogen) atoms. The van der Waals surface area contributed by atoms with Crippen LogP contribution in [0.3, 0.4) is 0 Å². The third kappa shape index (κ3) is 27.3.